The van der Waals surface area contributed by atoms with E-state index in [0.717, 1.165) is 10.6 Å². The van der Waals surface area contributed by atoms with Gasteiger partial charge in [0, 0.05) is 19.4 Å². The monoisotopic (exact) mass is 396 g/mol. The molecule has 0 aliphatic rings. The SMILES string of the molecule is COC[C@@H](O[C@@H](COC(C)C)OCP(=O)(O)CO)n1ccc(=O)[nH]c1=O. The van der Waals surface area contributed by atoms with Gasteiger partial charge in [-0.05, 0) is 13.8 Å². The molecule has 0 spiro atoms. The predicted molar refractivity (Wildman–Crippen MR) is 91.1 cm³/mol. The zero-order valence-corrected chi connectivity index (χ0v) is 15.8. The van der Waals surface area contributed by atoms with E-state index in [2.05, 4.69) is 4.98 Å². The van der Waals surface area contributed by atoms with Gasteiger partial charge in [0.05, 0.1) is 19.3 Å². The fraction of sp³-hybridized carbons (Fsp3) is 0.714. The Labute approximate surface area is 149 Å². The zero-order valence-electron chi connectivity index (χ0n) is 14.9. The first kappa shape index (κ1) is 22.7. The summed E-state index contributed by atoms with van der Waals surface area (Å²) in [4.78, 5) is 34.7. The van der Waals surface area contributed by atoms with Crippen LogP contribution in [0.3, 0.4) is 0 Å². The molecule has 0 saturated carbocycles. The summed E-state index contributed by atoms with van der Waals surface area (Å²) in [6.45, 7) is 3.40. The van der Waals surface area contributed by atoms with E-state index in [-0.39, 0.29) is 19.3 Å². The van der Waals surface area contributed by atoms with Crippen molar-refractivity contribution in [2.24, 2.45) is 0 Å². The first-order valence-corrected chi connectivity index (χ1v) is 9.82. The van der Waals surface area contributed by atoms with Crippen molar-refractivity contribution in [3.63, 3.8) is 0 Å². The average Bonchev–Trinajstić information content (AvgIpc) is 2.56. The molecule has 1 aromatic heterocycles. The lowest BCUT2D eigenvalue weighted by Crippen LogP contribution is -2.38. The van der Waals surface area contributed by atoms with Crippen LogP contribution >= 0.6 is 7.37 Å². The summed E-state index contributed by atoms with van der Waals surface area (Å²) in [6.07, 6.45) is -2.64. The molecule has 0 aromatic carbocycles. The number of nitrogens with one attached hydrogen (secondary N) is 1. The van der Waals surface area contributed by atoms with Crippen LogP contribution < -0.4 is 11.2 Å². The van der Waals surface area contributed by atoms with Gasteiger partial charge >= 0.3 is 5.69 Å². The summed E-state index contributed by atoms with van der Waals surface area (Å²) in [5, 5.41) is 8.87. The molecule has 12 heteroatoms. The first-order chi connectivity index (χ1) is 12.2. The van der Waals surface area contributed by atoms with Gasteiger partial charge in [-0.1, -0.05) is 0 Å². The molecule has 0 saturated heterocycles. The number of hydrogen-bond donors (Lipinski definition) is 3. The summed E-state index contributed by atoms with van der Waals surface area (Å²) in [6, 6.07) is 1.14. The van der Waals surface area contributed by atoms with E-state index in [1.165, 1.54) is 13.3 Å². The van der Waals surface area contributed by atoms with Crippen molar-refractivity contribution in [2.45, 2.75) is 32.5 Å². The summed E-state index contributed by atoms with van der Waals surface area (Å²) in [5.74, 6) is 0. The number of hydrogen-bond acceptors (Lipinski definition) is 8. The lowest BCUT2D eigenvalue weighted by atomic mass is 10.5. The van der Waals surface area contributed by atoms with Crippen molar-refractivity contribution in [1.82, 2.24) is 9.55 Å². The van der Waals surface area contributed by atoms with Gasteiger partial charge in [-0.3, -0.25) is 18.9 Å². The molecule has 0 fully saturated rings. The topological polar surface area (TPSA) is 149 Å². The normalized spacial score (nSPS) is 16.4. The van der Waals surface area contributed by atoms with E-state index in [0.29, 0.717) is 0 Å². The Morgan fingerprint density at radius 2 is 1.96 bits per heavy atom. The number of H-pyrrole nitrogens is 1. The molecule has 0 aliphatic heterocycles. The van der Waals surface area contributed by atoms with Crippen LogP contribution in [0, 0.1) is 0 Å². The molecule has 150 valence electrons. The fourth-order valence-corrected chi connectivity index (χ4v) is 2.28. The van der Waals surface area contributed by atoms with Crippen molar-refractivity contribution >= 4 is 7.37 Å². The molecule has 1 unspecified atom stereocenters. The highest BCUT2D eigenvalue weighted by molar-refractivity contribution is 7.57. The van der Waals surface area contributed by atoms with Gasteiger partial charge in [-0.2, -0.15) is 0 Å². The van der Waals surface area contributed by atoms with Crippen LogP contribution in [0.2, 0.25) is 0 Å². The molecule has 0 amide bonds. The van der Waals surface area contributed by atoms with Gasteiger partial charge in [0.15, 0.2) is 12.5 Å². The molecular formula is C14H25N2O9P. The lowest BCUT2D eigenvalue weighted by molar-refractivity contribution is -0.220. The Morgan fingerprint density at radius 3 is 2.50 bits per heavy atom. The third-order valence-corrected chi connectivity index (χ3v) is 4.02. The van der Waals surface area contributed by atoms with Crippen molar-refractivity contribution < 1.29 is 33.5 Å². The van der Waals surface area contributed by atoms with Gasteiger partial charge in [-0.25, -0.2) is 4.79 Å². The summed E-state index contributed by atoms with van der Waals surface area (Å²) < 4.78 is 34.0. The van der Waals surface area contributed by atoms with Gasteiger partial charge in [0.25, 0.3) is 5.56 Å². The maximum Gasteiger partial charge on any atom is 0.330 e. The molecule has 3 N–H and O–H groups in total. The number of nitrogens with zero attached hydrogens (tertiary/aromatic N) is 1. The van der Waals surface area contributed by atoms with Crippen molar-refractivity contribution in [3.8, 4) is 0 Å². The van der Waals surface area contributed by atoms with E-state index in [1.807, 2.05) is 0 Å². The second kappa shape index (κ2) is 10.7. The van der Waals surface area contributed by atoms with Crippen LogP contribution in [-0.2, 0) is 23.5 Å². The molecule has 11 nitrogen and oxygen atoms in total. The molecule has 0 radical (unpaired) electrons. The number of aliphatic hydroxyl groups excluding tert-OH is 1. The second-order valence-electron chi connectivity index (χ2n) is 5.66. The van der Waals surface area contributed by atoms with Crippen LogP contribution in [0.15, 0.2) is 21.9 Å². The van der Waals surface area contributed by atoms with E-state index < -0.39 is 43.8 Å². The van der Waals surface area contributed by atoms with E-state index in [4.69, 9.17) is 24.1 Å². The molecule has 0 bridgehead atoms. The Bertz CT molecular complexity index is 702. The minimum absolute atomic E-state index is 0.0652. The van der Waals surface area contributed by atoms with Crippen molar-refractivity contribution in [1.29, 1.82) is 0 Å². The third kappa shape index (κ3) is 7.92. The zero-order chi connectivity index (χ0) is 19.7. The fourth-order valence-electron chi connectivity index (χ4n) is 1.80. The highest BCUT2D eigenvalue weighted by Gasteiger charge is 2.25. The van der Waals surface area contributed by atoms with Gasteiger partial charge in [-0.15, -0.1) is 0 Å². The highest BCUT2D eigenvalue weighted by Crippen LogP contribution is 2.39. The quantitative estimate of drug-likeness (QED) is 0.318. The Balaban J connectivity index is 2.95. The summed E-state index contributed by atoms with van der Waals surface area (Å²) >= 11 is 0. The number of aromatic nitrogens is 2. The standard InChI is InChI=1S/C14H25N2O9P/c1-10(2)23-7-13(24-9-26(20,21)8-17)25-12(6-22-3)16-5-4-11(18)15-14(16)19/h4-5,10,12-13,17H,6-9H2,1-3H3,(H,20,21)(H,15,18,19)/t12-,13+/m1/s1. The Kier molecular flexibility index (Phi) is 9.37. The van der Waals surface area contributed by atoms with E-state index >= 15 is 0 Å². The largest absolute Gasteiger partial charge is 0.386 e. The molecule has 0 aliphatic carbocycles. The molecular weight excluding hydrogens is 371 g/mol. The van der Waals surface area contributed by atoms with E-state index in [9.17, 15) is 19.0 Å². The minimum Gasteiger partial charge on any atom is -0.386 e. The van der Waals surface area contributed by atoms with Crippen LogP contribution in [0.4, 0.5) is 0 Å². The smallest absolute Gasteiger partial charge is 0.330 e. The average molecular weight is 396 g/mol. The van der Waals surface area contributed by atoms with Crippen LogP contribution in [0.1, 0.15) is 20.1 Å². The molecule has 3 atom stereocenters. The summed E-state index contributed by atoms with van der Waals surface area (Å²) in [5.41, 5.74) is -1.28. The van der Waals surface area contributed by atoms with Crippen molar-refractivity contribution in [2.75, 3.05) is 33.0 Å². The number of aliphatic hydroxyl groups is 1. The predicted octanol–water partition coefficient (Wildman–Crippen LogP) is -0.356. The second-order valence-corrected chi connectivity index (χ2v) is 7.89. The highest BCUT2D eigenvalue weighted by atomic mass is 31.2. The van der Waals surface area contributed by atoms with Crippen LogP contribution in [-0.4, -0.2) is 65.0 Å². The van der Waals surface area contributed by atoms with Crippen molar-refractivity contribution in [3.05, 3.63) is 33.1 Å². The molecule has 26 heavy (non-hydrogen) atoms. The maximum atomic E-state index is 11.9. The first-order valence-electron chi connectivity index (χ1n) is 7.79. The van der Waals surface area contributed by atoms with Crippen LogP contribution in [0.25, 0.3) is 0 Å². The number of ether oxygens (including phenoxy) is 4. The lowest BCUT2D eigenvalue weighted by Gasteiger charge is -2.26. The number of methoxy groups -OCH3 is 1. The number of aromatic amines is 1. The molecule has 1 rings (SSSR count). The Morgan fingerprint density at radius 1 is 1.27 bits per heavy atom. The third-order valence-electron chi connectivity index (χ3n) is 3.03. The minimum atomic E-state index is -3.87. The van der Waals surface area contributed by atoms with Gasteiger partial charge < -0.3 is 28.9 Å². The van der Waals surface area contributed by atoms with E-state index in [1.54, 1.807) is 13.8 Å². The maximum absolute atomic E-state index is 11.9. The van der Waals surface area contributed by atoms with Gasteiger partial charge in [0.1, 0.15) is 12.7 Å². The number of rotatable bonds is 12. The molecule has 1 aromatic rings. The molecule has 1 heterocycles. The van der Waals surface area contributed by atoms with Gasteiger partial charge in [0.2, 0.25) is 7.37 Å². The Hall–Kier alpha value is -1.33. The van der Waals surface area contributed by atoms with Crippen LogP contribution in [0.5, 0.6) is 0 Å². The summed E-state index contributed by atoms with van der Waals surface area (Å²) in [7, 11) is -2.48.